The first-order valence-electron chi connectivity index (χ1n) is 5.45. The average molecular weight is 229 g/mol. The van der Waals surface area contributed by atoms with Gasteiger partial charge in [0.05, 0.1) is 5.69 Å². The normalized spacial score (nSPS) is 10.2. The van der Waals surface area contributed by atoms with Gasteiger partial charge in [-0.15, -0.1) is 0 Å². The third kappa shape index (κ3) is 2.73. The summed E-state index contributed by atoms with van der Waals surface area (Å²) in [5.41, 5.74) is 8.45. The van der Waals surface area contributed by atoms with Crippen molar-refractivity contribution in [2.24, 2.45) is 5.73 Å². The average Bonchev–Trinajstić information content (AvgIpc) is 2.38. The van der Waals surface area contributed by atoms with Crippen molar-refractivity contribution in [1.29, 1.82) is 0 Å². The van der Waals surface area contributed by atoms with Gasteiger partial charge in [-0.3, -0.25) is 4.98 Å². The smallest absolute Gasteiger partial charge is 0.138 e. The van der Waals surface area contributed by atoms with E-state index < -0.39 is 0 Å². The van der Waals surface area contributed by atoms with Crippen LogP contribution in [0, 0.1) is 0 Å². The molecule has 0 amide bonds. The van der Waals surface area contributed by atoms with Crippen molar-refractivity contribution >= 4 is 5.69 Å². The maximum atomic E-state index is 9.61. The lowest BCUT2D eigenvalue weighted by molar-refractivity contribution is 0.477. The predicted molar refractivity (Wildman–Crippen MR) is 67.6 cm³/mol. The first-order chi connectivity index (χ1) is 8.31. The van der Waals surface area contributed by atoms with E-state index in [-0.39, 0.29) is 5.75 Å². The molecule has 0 aliphatic heterocycles. The molecule has 2 rings (SSSR count). The highest BCUT2D eigenvalue weighted by Gasteiger charge is 2.02. The molecule has 1 heterocycles. The number of rotatable bonds is 4. The van der Waals surface area contributed by atoms with Gasteiger partial charge in [-0.1, -0.05) is 12.1 Å². The van der Waals surface area contributed by atoms with E-state index in [9.17, 15) is 5.11 Å². The Bertz CT molecular complexity index is 500. The number of nitrogens with two attached hydrogens (primary N) is 1. The van der Waals surface area contributed by atoms with Gasteiger partial charge in [-0.25, -0.2) is 0 Å². The molecule has 88 valence electrons. The number of hydrogen-bond acceptors (Lipinski definition) is 4. The lowest BCUT2D eigenvalue weighted by Crippen LogP contribution is -2.06. The number of aromatic nitrogens is 1. The van der Waals surface area contributed by atoms with E-state index in [1.807, 2.05) is 18.2 Å². The van der Waals surface area contributed by atoms with Crippen LogP contribution in [0.5, 0.6) is 5.75 Å². The number of phenolic OH excluding ortho intramolecular Hbond substituents is 1. The zero-order valence-corrected chi connectivity index (χ0v) is 9.43. The van der Waals surface area contributed by atoms with Crippen molar-refractivity contribution in [1.82, 2.24) is 4.98 Å². The molecule has 0 radical (unpaired) electrons. The molecule has 4 nitrogen and oxygen atoms in total. The first kappa shape index (κ1) is 11.4. The number of para-hydroxylation sites is 2. The summed E-state index contributed by atoms with van der Waals surface area (Å²) >= 11 is 0. The van der Waals surface area contributed by atoms with E-state index in [1.54, 1.807) is 24.5 Å². The lowest BCUT2D eigenvalue weighted by atomic mass is 10.1. The molecule has 0 unspecified atom stereocenters. The molecule has 1 aromatic carbocycles. The topological polar surface area (TPSA) is 71.2 Å². The predicted octanol–water partition coefficient (Wildman–Crippen LogP) is 1.86. The van der Waals surface area contributed by atoms with E-state index >= 15 is 0 Å². The highest BCUT2D eigenvalue weighted by atomic mass is 16.3. The standard InChI is InChI=1S/C13H15N3O/c14-7-10-5-6-15-8-11(10)9-16-12-3-1-2-4-13(12)17/h1-6,8,16-17H,7,9,14H2. The Balaban J connectivity index is 2.10. The van der Waals surface area contributed by atoms with Crippen LogP contribution >= 0.6 is 0 Å². The van der Waals surface area contributed by atoms with Gasteiger partial charge in [-0.2, -0.15) is 0 Å². The summed E-state index contributed by atoms with van der Waals surface area (Å²) in [7, 11) is 0. The van der Waals surface area contributed by atoms with Crippen LogP contribution < -0.4 is 11.1 Å². The fourth-order valence-electron chi connectivity index (χ4n) is 1.63. The van der Waals surface area contributed by atoms with Gasteiger partial charge in [0.25, 0.3) is 0 Å². The van der Waals surface area contributed by atoms with Crippen LogP contribution in [-0.2, 0) is 13.1 Å². The number of phenols is 1. The maximum Gasteiger partial charge on any atom is 0.138 e. The van der Waals surface area contributed by atoms with E-state index in [1.165, 1.54) is 0 Å². The van der Waals surface area contributed by atoms with Crippen molar-refractivity contribution in [3.05, 3.63) is 53.9 Å². The van der Waals surface area contributed by atoms with Gasteiger partial charge in [0, 0.05) is 25.5 Å². The molecule has 17 heavy (non-hydrogen) atoms. The van der Waals surface area contributed by atoms with Crippen LogP contribution in [-0.4, -0.2) is 10.1 Å². The van der Waals surface area contributed by atoms with E-state index in [2.05, 4.69) is 10.3 Å². The summed E-state index contributed by atoms with van der Waals surface area (Å²) in [4.78, 5) is 4.07. The molecule has 1 aromatic heterocycles. The lowest BCUT2D eigenvalue weighted by Gasteiger charge is -2.10. The van der Waals surface area contributed by atoms with Crippen molar-refractivity contribution < 1.29 is 5.11 Å². The fraction of sp³-hybridized carbons (Fsp3) is 0.154. The zero-order valence-electron chi connectivity index (χ0n) is 9.43. The SMILES string of the molecule is NCc1ccncc1CNc1ccccc1O. The second-order valence-corrected chi connectivity index (χ2v) is 3.72. The number of nitrogens with zero attached hydrogens (tertiary/aromatic N) is 1. The number of pyridine rings is 1. The third-order valence-corrected chi connectivity index (χ3v) is 2.60. The number of nitrogens with one attached hydrogen (secondary N) is 1. The van der Waals surface area contributed by atoms with Gasteiger partial charge >= 0.3 is 0 Å². The number of benzene rings is 1. The largest absolute Gasteiger partial charge is 0.506 e. The van der Waals surface area contributed by atoms with Crippen molar-refractivity contribution in [3.8, 4) is 5.75 Å². The Hall–Kier alpha value is -2.07. The molecule has 0 saturated carbocycles. The van der Waals surface area contributed by atoms with Crippen LogP contribution in [0.2, 0.25) is 0 Å². The Kier molecular flexibility index (Phi) is 3.57. The molecule has 0 bridgehead atoms. The first-order valence-corrected chi connectivity index (χ1v) is 5.45. The molecule has 4 heteroatoms. The zero-order chi connectivity index (χ0) is 12.1. The monoisotopic (exact) mass is 229 g/mol. The van der Waals surface area contributed by atoms with Gasteiger partial charge in [0.2, 0.25) is 0 Å². The minimum atomic E-state index is 0.241. The summed E-state index contributed by atoms with van der Waals surface area (Å²) in [6.07, 6.45) is 3.51. The second kappa shape index (κ2) is 5.32. The van der Waals surface area contributed by atoms with Gasteiger partial charge in [0.1, 0.15) is 5.75 Å². The molecule has 0 aliphatic rings. The van der Waals surface area contributed by atoms with Crippen molar-refractivity contribution in [3.63, 3.8) is 0 Å². The molecule has 0 saturated heterocycles. The van der Waals surface area contributed by atoms with Crippen molar-refractivity contribution in [2.45, 2.75) is 13.1 Å². The van der Waals surface area contributed by atoms with Gasteiger partial charge < -0.3 is 16.2 Å². The summed E-state index contributed by atoms with van der Waals surface area (Å²) in [6, 6.07) is 9.04. The van der Waals surface area contributed by atoms with Crippen LogP contribution in [0.1, 0.15) is 11.1 Å². The van der Waals surface area contributed by atoms with Crippen LogP contribution in [0.15, 0.2) is 42.7 Å². The second-order valence-electron chi connectivity index (χ2n) is 3.72. The number of aromatic hydroxyl groups is 1. The quantitative estimate of drug-likeness (QED) is 0.700. The molecule has 4 N–H and O–H groups in total. The molecule has 0 atom stereocenters. The minimum absolute atomic E-state index is 0.241. The van der Waals surface area contributed by atoms with Crippen LogP contribution in [0.25, 0.3) is 0 Å². The van der Waals surface area contributed by atoms with E-state index in [4.69, 9.17) is 5.73 Å². The number of anilines is 1. The summed E-state index contributed by atoms with van der Waals surface area (Å²) in [5, 5.41) is 12.8. The molecular weight excluding hydrogens is 214 g/mol. The van der Waals surface area contributed by atoms with Gasteiger partial charge in [0.15, 0.2) is 0 Å². The molecule has 0 aliphatic carbocycles. The Morgan fingerprint density at radius 1 is 1.18 bits per heavy atom. The molecule has 0 fully saturated rings. The molecule has 2 aromatic rings. The Morgan fingerprint density at radius 2 is 2.00 bits per heavy atom. The molecular formula is C13H15N3O. The summed E-state index contributed by atoms with van der Waals surface area (Å²) in [5.74, 6) is 0.241. The highest BCUT2D eigenvalue weighted by Crippen LogP contribution is 2.22. The third-order valence-electron chi connectivity index (χ3n) is 2.60. The Morgan fingerprint density at radius 3 is 2.76 bits per heavy atom. The maximum absolute atomic E-state index is 9.61. The highest BCUT2D eigenvalue weighted by molar-refractivity contribution is 5.55. The molecule has 0 spiro atoms. The van der Waals surface area contributed by atoms with Gasteiger partial charge in [-0.05, 0) is 29.3 Å². The van der Waals surface area contributed by atoms with Crippen LogP contribution in [0.4, 0.5) is 5.69 Å². The van der Waals surface area contributed by atoms with E-state index in [0.29, 0.717) is 18.8 Å². The fourth-order valence-corrected chi connectivity index (χ4v) is 1.63. The summed E-state index contributed by atoms with van der Waals surface area (Å²) < 4.78 is 0. The Labute approximate surface area is 100 Å². The van der Waals surface area contributed by atoms with E-state index in [0.717, 1.165) is 11.1 Å². The summed E-state index contributed by atoms with van der Waals surface area (Å²) in [6.45, 7) is 1.08. The number of hydrogen-bond donors (Lipinski definition) is 3. The van der Waals surface area contributed by atoms with Crippen molar-refractivity contribution in [2.75, 3.05) is 5.32 Å². The van der Waals surface area contributed by atoms with Crippen LogP contribution in [0.3, 0.4) is 0 Å². The minimum Gasteiger partial charge on any atom is -0.506 e.